The summed E-state index contributed by atoms with van der Waals surface area (Å²) in [6.45, 7) is 0. The van der Waals surface area contributed by atoms with Gasteiger partial charge >= 0.3 is 0 Å². The molecule has 0 aliphatic rings. The number of imidazole rings is 1. The molecule has 5 N–H and O–H groups in total. The Balaban J connectivity index is 2.25. The van der Waals surface area contributed by atoms with E-state index in [-0.39, 0.29) is 0 Å². The van der Waals surface area contributed by atoms with E-state index in [1.54, 1.807) is 19.2 Å². The van der Waals surface area contributed by atoms with Crippen LogP contribution in [0.1, 0.15) is 0 Å². The fourth-order valence-electron chi connectivity index (χ4n) is 1.90. The molecule has 102 valence electrons. The zero-order valence-corrected chi connectivity index (χ0v) is 11.3. The maximum atomic E-state index is 6.05. The van der Waals surface area contributed by atoms with E-state index in [1.165, 1.54) is 6.33 Å². The van der Waals surface area contributed by atoms with E-state index in [0.29, 0.717) is 44.8 Å². The zero-order valence-electron chi connectivity index (χ0n) is 10.5. The van der Waals surface area contributed by atoms with Crippen LogP contribution < -0.4 is 16.2 Å². The van der Waals surface area contributed by atoms with Gasteiger partial charge in [0.2, 0.25) is 0 Å². The van der Waals surface area contributed by atoms with Gasteiger partial charge in [0.1, 0.15) is 23.4 Å². The number of ether oxygens (including phenoxy) is 1. The number of nitrogens with one attached hydrogen (secondary N) is 1. The van der Waals surface area contributed by atoms with Crippen molar-refractivity contribution in [3.05, 3.63) is 23.5 Å². The third-order valence-electron chi connectivity index (χ3n) is 2.89. The van der Waals surface area contributed by atoms with Gasteiger partial charge in [0.05, 0.1) is 23.4 Å². The molecule has 3 rings (SSSR count). The quantitative estimate of drug-likeness (QED) is 0.620. The van der Waals surface area contributed by atoms with Gasteiger partial charge in [-0.3, -0.25) is 0 Å². The molecule has 0 saturated carbocycles. The summed E-state index contributed by atoms with van der Waals surface area (Å²) >= 11 is 6.05. The molecule has 7 nitrogen and oxygen atoms in total. The van der Waals surface area contributed by atoms with Crippen molar-refractivity contribution in [3.63, 3.8) is 0 Å². The third kappa shape index (κ3) is 1.88. The minimum atomic E-state index is 0.328. The average molecular weight is 291 g/mol. The van der Waals surface area contributed by atoms with Gasteiger partial charge in [-0.15, -0.1) is 0 Å². The number of fused-ring (bicyclic) bond motifs is 1. The smallest absolute Gasteiger partial charge is 0.183 e. The highest BCUT2D eigenvalue weighted by Crippen LogP contribution is 2.35. The lowest BCUT2D eigenvalue weighted by atomic mass is 10.1. The number of nitrogens with two attached hydrogens (primary N) is 2. The molecule has 0 saturated heterocycles. The van der Waals surface area contributed by atoms with E-state index >= 15 is 0 Å². The Morgan fingerprint density at radius 1 is 1.25 bits per heavy atom. The number of anilines is 2. The SMILES string of the molecule is COc1cc(N)c(Cl)cc1-c1nc2ncnc(N)c2[nH]1. The Morgan fingerprint density at radius 3 is 2.75 bits per heavy atom. The highest BCUT2D eigenvalue weighted by Gasteiger charge is 2.15. The van der Waals surface area contributed by atoms with Crippen LogP contribution in [0.2, 0.25) is 5.02 Å². The topological polar surface area (TPSA) is 116 Å². The second-order valence-electron chi connectivity index (χ2n) is 4.12. The molecule has 2 heterocycles. The van der Waals surface area contributed by atoms with Crippen molar-refractivity contribution in [3.8, 4) is 17.1 Å². The summed E-state index contributed by atoms with van der Waals surface area (Å²) in [5.41, 5.74) is 13.7. The first-order valence-electron chi connectivity index (χ1n) is 5.69. The van der Waals surface area contributed by atoms with Gasteiger partial charge in [0.15, 0.2) is 11.5 Å². The number of aromatic nitrogens is 4. The largest absolute Gasteiger partial charge is 0.496 e. The van der Waals surface area contributed by atoms with Crippen LogP contribution in [-0.4, -0.2) is 27.0 Å². The predicted molar refractivity (Wildman–Crippen MR) is 77.5 cm³/mol. The molecule has 3 aromatic rings. The van der Waals surface area contributed by atoms with Crippen molar-refractivity contribution in [2.45, 2.75) is 0 Å². The monoisotopic (exact) mass is 290 g/mol. The molecule has 0 amide bonds. The van der Waals surface area contributed by atoms with Crippen LogP contribution in [0.5, 0.6) is 5.75 Å². The van der Waals surface area contributed by atoms with Gasteiger partial charge < -0.3 is 21.2 Å². The lowest BCUT2D eigenvalue weighted by molar-refractivity contribution is 0.416. The van der Waals surface area contributed by atoms with Crippen LogP contribution in [0.25, 0.3) is 22.6 Å². The molecule has 0 fully saturated rings. The molecule has 8 heteroatoms. The number of aromatic amines is 1. The fraction of sp³-hybridized carbons (Fsp3) is 0.0833. The molecule has 20 heavy (non-hydrogen) atoms. The van der Waals surface area contributed by atoms with Crippen LogP contribution in [0.15, 0.2) is 18.5 Å². The number of nitrogen functional groups attached to an aromatic ring is 2. The van der Waals surface area contributed by atoms with Crippen molar-refractivity contribution >= 4 is 34.3 Å². The summed E-state index contributed by atoms with van der Waals surface area (Å²) in [6.07, 6.45) is 1.36. The maximum absolute atomic E-state index is 6.05. The number of rotatable bonds is 2. The molecular formula is C12H11ClN6O. The van der Waals surface area contributed by atoms with E-state index in [9.17, 15) is 0 Å². The number of hydrogen-bond acceptors (Lipinski definition) is 6. The summed E-state index contributed by atoms with van der Waals surface area (Å²) in [5, 5.41) is 0.417. The predicted octanol–water partition coefficient (Wildman–Crippen LogP) is 1.85. The number of hydrogen-bond donors (Lipinski definition) is 3. The molecule has 0 spiro atoms. The number of benzene rings is 1. The maximum Gasteiger partial charge on any atom is 0.183 e. The van der Waals surface area contributed by atoms with Crippen LogP contribution in [-0.2, 0) is 0 Å². The van der Waals surface area contributed by atoms with Gasteiger partial charge in [-0.1, -0.05) is 11.6 Å². The summed E-state index contributed by atoms with van der Waals surface area (Å²) in [5.74, 6) is 1.41. The molecule has 1 aromatic carbocycles. The minimum absolute atomic E-state index is 0.328. The Hall–Kier alpha value is -2.54. The summed E-state index contributed by atoms with van der Waals surface area (Å²) in [4.78, 5) is 15.4. The van der Waals surface area contributed by atoms with Gasteiger partial charge in [-0.2, -0.15) is 0 Å². The number of nitrogens with zero attached hydrogens (tertiary/aromatic N) is 3. The lowest BCUT2D eigenvalue weighted by Gasteiger charge is -2.08. The standard InChI is InChI=1S/C12H11ClN6O/c1-20-8-3-7(14)6(13)2-5(8)11-18-9-10(15)16-4-17-12(9)19-11/h2-4H,14H2,1H3,(H3,15,16,17,18,19). The lowest BCUT2D eigenvalue weighted by Crippen LogP contribution is -1.94. The summed E-state index contributed by atoms with van der Waals surface area (Å²) in [6, 6.07) is 3.32. The van der Waals surface area contributed by atoms with Gasteiger partial charge in [-0.05, 0) is 6.07 Å². The Morgan fingerprint density at radius 2 is 2.05 bits per heavy atom. The van der Waals surface area contributed by atoms with Crippen molar-refractivity contribution in [1.82, 2.24) is 19.9 Å². The molecule has 2 aromatic heterocycles. The van der Waals surface area contributed by atoms with Crippen LogP contribution in [0, 0.1) is 0 Å². The molecule has 0 aliphatic heterocycles. The molecule has 0 aliphatic carbocycles. The molecule has 0 unspecified atom stereocenters. The van der Waals surface area contributed by atoms with Gasteiger partial charge in [0.25, 0.3) is 0 Å². The average Bonchev–Trinajstić information content (AvgIpc) is 2.86. The van der Waals surface area contributed by atoms with E-state index in [4.69, 9.17) is 27.8 Å². The van der Waals surface area contributed by atoms with Crippen molar-refractivity contribution in [1.29, 1.82) is 0 Å². The molecular weight excluding hydrogens is 280 g/mol. The first kappa shape index (κ1) is 12.5. The Labute approximate surface area is 118 Å². The Kier molecular flexibility index (Phi) is 2.83. The van der Waals surface area contributed by atoms with Crippen molar-refractivity contribution in [2.75, 3.05) is 18.6 Å². The van der Waals surface area contributed by atoms with Crippen molar-refractivity contribution < 1.29 is 4.74 Å². The van der Waals surface area contributed by atoms with E-state index in [2.05, 4.69) is 19.9 Å². The summed E-state index contributed by atoms with van der Waals surface area (Å²) < 4.78 is 5.30. The molecule has 0 radical (unpaired) electrons. The van der Waals surface area contributed by atoms with Gasteiger partial charge in [0, 0.05) is 6.07 Å². The number of methoxy groups -OCH3 is 1. The van der Waals surface area contributed by atoms with Crippen molar-refractivity contribution in [2.24, 2.45) is 0 Å². The highest BCUT2D eigenvalue weighted by molar-refractivity contribution is 6.33. The highest BCUT2D eigenvalue weighted by atomic mass is 35.5. The first-order chi connectivity index (χ1) is 9.60. The second kappa shape index (κ2) is 4.53. The van der Waals surface area contributed by atoms with Crippen LogP contribution >= 0.6 is 11.6 Å². The first-order valence-corrected chi connectivity index (χ1v) is 6.07. The zero-order chi connectivity index (χ0) is 14.3. The number of halogens is 1. The van der Waals surface area contributed by atoms with Gasteiger partial charge in [-0.25, -0.2) is 15.0 Å². The third-order valence-corrected chi connectivity index (χ3v) is 3.22. The fourth-order valence-corrected chi connectivity index (χ4v) is 2.06. The summed E-state index contributed by atoms with van der Waals surface area (Å²) in [7, 11) is 1.54. The van der Waals surface area contributed by atoms with E-state index in [1.807, 2.05) is 0 Å². The molecule has 0 atom stereocenters. The normalized spacial score (nSPS) is 10.9. The minimum Gasteiger partial charge on any atom is -0.496 e. The van der Waals surface area contributed by atoms with Crippen LogP contribution in [0.3, 0.4) is 0 Å². The van der Waals surface area contributed by atoms with Crippen LogP contribution in [0.4, 0.5) is 11.5 Å². The Bertz CT molecular complexity index is 800. The van der Waals surface area contributed by atoms with E-state index in [0.717, 1.165) is 0 Å². The molecule has 0 bridgehead atoms. The van der Waals surface area contributed by atoms with E-state index < -0.39 is 0 Å². The second-order valence-corrected chi connectivity index (χ2v) is 4.52. The number of H-pyrrole nitrogens is 1.